The molecule has 0 spiro atoms. The van der Waals surface area contributed by atoms with Gasteiger partial charge in [0.2, 0.25) is 5.91 Å². The van der Waals surface area contributed by atoms with Crippen molar-refractivity contribution < 1.29 is 18.4 Å². The van der Waals surface area contributed by atoms with Gasteiger partial charge in [-0.15, -0.1) is 0 Å². The molecule has 0 heterocycles. The lowest BCUT2D eigenvalue weighted by Crippen LogP contribution is -2.44. The van der Waals surface area contributed by atoms with Crippen LogP contribution in [0, 0.1) is 0 Å². The second kappa shape index (κ2) is 6.43. The molecule has 0 saturated heterocycles. The van der Waals surface area contributed by atoms with Crippen LogP contribution in [0.25, 0.3) is 0 Å². The monoisotopic (exact) mass is 265 g/mol. The Morgan fingerprint density at radius 3 is 2.41 bits per heavy atom. The van der Waals surface area contributed by atoms with Gasteiger partial charge in [0.25, 0.3) is 0 Å². The van der Waals surface area contributed by atoms with E-state index in [1.54, 1.807) is 6.92 Å². The molecule has 0 aliphatic rings. The van der Waals surface area contributed by atoms with Crippen molar-refractivity contribution in [1.82, 2.24) is 5.32 Å². The van der Waals surface area contributed by atoms with Crippen LogP contribution in [0.5, 0.6) is 0 Å². The van der Waals surface area contributed by atoms with Crippen molar-refractivity contribution in [3.05, 3.63) is 0 Å². The number of carbonyl (C=O) groups is 1. The maximum absolute atomic E-state index is 11.6. The summed E-state index contributed by atoms with van der Waals surface area (Å²) in [6, 6.07) is -0.345. The highest BCUT2D eigenvalue weighted by atomic mass is 32.2. The Hall–Kier alpha value is -1.31. The van der Waals surface area contributed by atoms with E-state index in [0.717, 1.165) is 6.26 Å². The minimum atomic E-state index is -3.41. The van der Waals surface area contributed by atoms with Crippen molar-refractivity contribution >= 4 is 21.6 Å². The van der Waals surface area contributed by atoms with Gasteiger partial charge in [-0.25, -0.2) is 8.42 Å². The molecule has 100 valence electrons. The van der Waals surface area contributed by atoms with Gasteiger partial charge in [0.05, 0.1) is 0 Å². The van der Waals surface area contributed by atoms with E-state index < -0.39 is 21.0 Å². The van der Waals surface area contributed by atoms with Crippen LogP contribution < -0.4 is 11.1 Å². The largest absolute Gasteiger partial charge is 0.409 e. The smallest absolute Gasteiger partial charge is 0.238 e. The molecule has 8 heteroatoms. The average Bonchev–Trinajstić information content (AvgIpc) is 2.25. The number of nitrogens with one attached hydrogen (secondary N) is 1. The minimum Gasteiger partial charge on any atom is -0.409 e. The van der Waals surface area contributed by atoms with Gasteiger partial charge in [-0.3, -0.25) is 4.79 Å². The molecule has 0 bridgehead atoms. The second-order valence-electron chi connectivity index (χ2n) is 3.88. The first-order valence-electron chi connectivity index (χ1n) is 5.18. The lowest BCUT2D eigenvalue weighted by molar-refractivity contribution is -0.121. The molecule has 0 rings (SSSR count). The molecule has 0 fully saturated rings. The van der Waals surface area contributed by atoms with E-state index in [0.29, 0.717) is 6.42 Å². The molecule has 2 unspecified atom stereocenters. The first kappa shape index (κ1) is 15.7. The van der Waals surface area contributed by atoms with Crippen LogP contribution in [-0.4, -0.2) is 42.9 Å². The molecule has 0 radical (unpaired) electrons. The fraction of sp³-hybridized carbons (Fsp3) is 0.778. The molecule has 0 aromatic heterocycles. The van der Waals surface area contributed by atoms with Gasteiger partial charge in [0.1, 0.15) is 11.1 Å². The summed E-state index contributed by atoms with van der Waals surface area (Å²) >= 11 is 0. The van der Waals surface area contributed by atoms with Crippen LogP contribution in [-0.2, 0) is 14.6 Å². The summed E-state index contributed by atoms with van der Waals surface area (Å²) in [7, 11) is -3.41. The molecule has 0 aromatic rings. The van der Waals surface area contributed by atoms with Crippen molar-refractivity contribution in [2.45, 2.75) is 38.0 Å². The summed E-state index contributed by atoms with van der Waals surface area (Å²) in [5, 5.41) is 12.6. The SMILES string of the molecule is CCC(CC(N)=NO)NC(=O)C(C)S(C)(=O)=O. The first-order valence-corrected chi connectivity index (χ1v) is 7.13. The predicted octanol–water partition coefficient (Wildman–Crippen LogP) is -0.549. The zero-order valence-corrected chi connectivity index (χ0v) is 11.0. The summed E-state index contributed by atoms with van der Waals surface area (Å²) in [5.74, 6) is -0.589. The van der Waals surface area contributed by atoms with E-state index in [4.69, 9.17) is 10.9 Å². The van der Waals surface area contributed by atoms with Crippen LogP contribution in [0.1, 0.15) is 26.7 Å². The van der Waals surface area contributed by atoms with Gasteiger partial charge in [0, 0.05) is 18.7 Å². The van der Waals surface area contributed by atoms with E-state index >= 15 is 0 Å². The molecule has 1 amide bonds. The summed E-state index contributed by atoms with van der Waals surface area (Å²) in [4.78, 5) is 11.6. The number of carbonyl (C=O) groups excluding carboxylic acids is 1. The number of amidine groups is 1. The molecule has 0 aliphatic carbocycles. The van der Waals surface area contributed by atoms with E-state index in [1.165, 1.54) is 6.92 Å². The maximum Gasteiger partial charge on any atom is 0.238 e. The zero-order valence-electron chi connectivity index (χ0n) is 10.2. The van der Waals surface area contributed by atoms with Gasteiger partial charge < -0.3 is 16.3 Å². The van der Waals surface area contributed by atoms with Crippen LogP contribution in [0.4, 0.5) is 0 Å². The third-order valence-electron chi connectivity index (χ3n) is 2.43. The minimum absolute atomic E-state index is 0.0100. The second-order valence-corrected chi connectivity index (χ2v) is 6.25. The maximum atomic E-state index is 11.6. The Bertz CT molecular complexity index is 391. The third-order valence-corrected chi connectivity index (χ3v) is 3.93. The highest BCUT2D eigenvalue weighted by Gasteiger charge is 2.25. The third kappa shape index (κ3) is 5.53. The van der Waals surface area contributed by atoms with E-state index in [2.05, 4.69) is 10.5 Å². The summed E-state index contributed by atoms with van der Waals surface area (Å²) in [6.45, 7) is 3.13. The normalized spacial score (nSPS) is 16.3. The molecule has 0 saturated carbocycles. The van der Waals surface area contributed by atoms with Crippen molar-refractivity contribution in [3.8, 4) is 0 Å². The molecule has 7 nitrogen and oxygen atoms in total. The van der Waals surface area contributed by atoms with Gasteiger partial charge in [-0.05, 0) is 13.3 Å². The fourth-order valence-corrected chi connectivity index (χ4v) is 1.56. The Morgan fingerprint density at radius 1 is 1.53 bits per heavy atom. The summed E-state index contributed by atoms with van der Waals surface area (Å²) in [5.41, 5.74) is 5.32. The number of sulfone groups is 1. The number of nitrogens with two attached hydrogens (primary N) is 1. The Kier molecular flexibility index (Phi) is 5.94. The van der Waals surface area contributed by atoms with Crippen LogP contribution >= 0.6 is 0 Å². The number of oxime groups is 1. The first-order chi connectivity index (χ1) is 7.72. The highest BCUT2D eigenvalue weighted by molar-refractivity contribution is 7.92. The molecule has 0 aliphatic heterocycles. The molecule has 0 aromatic carbocycles. The average molecular weight is 265 g/mol. The number of nitrogens with zero attached hydrogens (tertiary/aromatic N) is 1. The Morgan fingerprint density at radius 2 is 2.06 bits per heavy atom. The molecular weight excluding hydrogens is 246 g/mol. The quantitative estimate of drug-likeness (QED) is 0.257. The Balaban J connectivity index is 4.54. The summed E-state index contributed by atoms with van der Waals surface area (Å²) < 4.78 is 22.3. The van der Waals surface area contributed by atoms with Gasteiger partial charge in [0.15, 0.2) is 9.84 Å². The number of hydrogen-bond acceptors (Lipinski definition) is 5. The molecule has 4 N–H and O–H groups in total. The Labute approximate surface area is 101 Å². The van der Waals surface area contributed by atoms with Gasteiger partial charge >= 0.3 is 0 Å². The van der Waals surface area contributed by atoms with Gasteiger partial charge in [-0.2, -0.15) is 0 Å². The molecule has 2 atom stereocenters. The van der Waals surface area contributed by atoms with Crippen molar-refractivity contribution in [3.63, 3.8) is 0 Å². The standard InChI is InChI=1S/C9H19N3O4S/c1-4-7(5-8(10)12-14)11-9(13)6(2)17(3,15)16/h6-7,14H,4-5H2,1-3H3,(H2,10,12)(H,11,13). The van der Waals surface area contributed by atoms with E-state index in [9.17, 15) is 13.2 Å². The van der Waals surface area contributed by atoms with E-state index in [1.807, 2.05) is 0 Å². The van der Waals surface area contributed by atoms with Crippen LogP contribution in [0.3, 0.4) is 0 Å². The highest BCUT2D eigenvalue weighted by Crippen LogP contribution is 2.02. The molecule has 17 heavy (non-hydrogen) atoms. The fourth-order valence-electron chi connectivity index (χ4n) is 1.10. The van der Waals surface area contributed by atoms with Crippen molar-refractivity contribution in [2.24, 2.45) is 10.9 Å². The summed E-state index contributed by atoms with van der Waals surface area (Å²) in [6.07, 6.45) is 1.73. The number of amides is 1. The van der Waals surface area contributed by atoms with E-state index in [-0.39, 0.29) is 18.3 Å². The predicted molar refractivity (Wildman–Crippen MR) is 64.6 cm³/mol. The zero-order chi connectivity index (χ0) is 13.6. The van der Waals surface area contributed by atoms with Crippen molar-refractivity contribution in [2.75, 3.05) is 6.26 Å². The van der Waals surface area contributed by atoms with Crippen molar-refractivity contribution in [1.29, 1.82) is 0 Å². The lowest BCUT2D eigenvalue weighted by Gasteiger charge is -2.18. The topological polar surface area (TPSA) is 122 Å². The molecular formula is C9H19N3O4S. The van der Waals surface area contributed by atoms with Gasteiger partial charge in [-0.1, -0.05) is 12.1 Å². The lowest BCUT2D eigenvalue weighted by atomic mass is 10.1. The van der Waals surface area contributed by atoms with Crippen LogP contribution in [0.2, 0.25) is 0 Å². The van der Waals surface area contributed by atoms with Crippen LogP contribution in [0.15, 0.2) is 5.16 Å². The number of hydrogen-bond donors (Lipinski definition) is 3. The number of rotatable bonds is 6.